The number of aryl methyl sites for hydroxylation is 2. The average Bonchev–Trinajstić information content (AvgIpc) is 2.84. The molecule has 1 aromatic carbocycles. The number of halogens is 1. The molecular weight excluding hydrogens is 340 g/mol. The lowest BCUT2D eigenvalue weighted by Gasteiger charge is -2.18. The van der Waals surface area contributed by atoms with Gasteiger partial charge in [-0.2, -0.15) is 0 Å². The quantitative estimate of drug-likeness (QED) is 0.743. The first-order valence-corrected chi connectivity index (χ1v) is 8.40. The Bertz CT molecular complexity index is 840. The molecule has 134 valence electrons. The van der Waals surface area contributed by atoms with Crippen molar-refractivity contribution in [1.82, 2.24) is 4.98 Å². The number of methoxy groups -OCH3 is 1. The summed E-state index contributed by atoms with van der Waals surface area (Å²) in [5.41, 5.74) is 4.00. The van der Waals surface area contributed by atoms with Gasteiger partial charge in [0.25, 0.3) is 0 Å². The predicted octanol–water partition coefficient (Wildman–Crippen LogP) is 4.49. The van der Waals surface area contributed by atoms with Gasteiger partial charge in [-0.15, -0.1) is 0 Å². The summed E-state index contributed by atoms with van der Waals surface area (Å²) in [4.78, 5) is 27.6. The van der Waals surface area contributed by atoms with Crippen molar-refractivity contribution in [2.24, 2.45) is 0 Å². The number of Topliss-reactive ketones (excluding diaryl/α,β-unsaturated/α-hetero) is 2. The highest BCUT2D eigenvalue weighted by Crippen LogP contribution is 2.32. The summed E-state index contributed by atoms with van der Waals surface area (Å²) in [7, 11) is 1.55. The molecule has 5 nitrogen and oxygen atoms in total. The van der Waals surface area contributed by atoms with E-state index in [2.05, 4.69) is 10.3 Å². The van der Waals surface area contributed by atoms with Crippen LogP contribution < -0.4 is 10.1 Å². The van der Waals surface area contributed by atoms with Crippen molar-refractivity contribution in [3.05, 3.63) is 45.2 Å². The van der Waals surface area contributed by atoms with Gasteiger partial charge in [-0.25, -0.2) is 0 Å². The highest BCUT2D eigenvalue weighted by atomic mass is 35.5. The average molecular weight is 363 g/mol. The first-order valence-electron chi connectivity index (χ1n) is 8.02. The SMILES string of the molecule is COc1cc(Cl)c(C)cc1N[C@H](C)C(=O)c1[nH]c(C)c(C(C)=O)c1C. The number of rotatable bonds is 6. The molecule has 1 heterocycles. The topological polar surface area (TPSA) is 71.2 Å². The Hall–Kier alpha value is -2.27. The van der Waals surface area contributed by atoms with Crippen molar-refractivity contribution in [3.8, 4) is 5.75 Å². The Kier molecular flexibility index (Phi) is 5.58. The molecule has 0 aliphatic heterocycles. The van der Waals surface area contributed by atoms with Crippen LogP contribution >= 0.6 is 11.6 Å². The van der Waals surface area contributed by atoms with Gasteiger partial charge in [-0.05, 0) is 51.8 Å². The van der Waals surface area contributed by atoms with Gasteiger partial charge < -0.3 is 15.0 Å². The molecular formula is C19H23ClN2O3. The van der Waals surface area contributed by atoms with Crippen molar-refractivity contribution < 1.29 is 14.3 Å². The van der Waals surface area contributed by atoms with E-state index in [-0.39, 0.29) is 11.6 Å². The van der Waals surface area contributed by atoms with Crippen LogP contribution in [0.2, 0.25) is 5.02 Å². The molecule has 0 amide bonds. The van der Waals surface area contributed by atoms with Crippen LogP contribution in [0.3, 0.4) is 0 Å². The zero-order valence-electron chi connectivity index (χ0n) is 15.3. The molecule has 0 aliphatic carbocycles. The molecule has 0 bridgehead atoms. The molecule has 0 unspecified atom stereocenters. The molecule has 0 radical (unpaired) electrons. The minimum Gasteiger partial charge on any atom is -0.495 e. The van der Waals surface area contributed by atoms with Crippen molar-refractivity contribution >= 4 is 28.9 Å². The number of hydrogen-bond donors (Lipinski definition) is 2. The fourth-order valence-corrected chi connectivity index (χ4v) is 3.14. The predicted molar refractivity (Wildman–Crippen MR) is 100 cm³/mol. The third-order valence-electron chi connectivity index (χ3n) is 4.28. The van der Waals surface area contributed by atoms with E-state index in [0.29, 0.717) is 39.0 Å². The van der Waals surface area contributed by atoms with E-state index in [9.17, 15) is 9.59 Å². The highest BCUT2D eigenvalue weighted by molar-refractivity contribution is 6.31. The van der Waals surface area contributed by atoms with Gasteiger partial charge in [0, 0.05) is 22.3 Å². The van der Waals surface area contributed by atoms with E-state index in [1.165, 1.54) is 6.92 Å². The molecule has 1 aromatic heterocycles. The molecule has 6 heteroatoms. The first kappa shape index (κ1) is 19.1. The number of aromatic nitrogens is 1. The van der Waals surface area contributed by atoms with E-state index in [1.54, 1.807) is 33.9 Å². The van der Waals surface area contributed by atoms with Crippen LogP contribution in [0.1, 0.15) is 51.5 Å². The molecule has 25 heavy (non-hydrogen) atoms. The van der Waals surface area contributed by atoms with Gasteiger partial charge in [-0.1, -0.05) is 11.6 Å². The fraction of sp³-hybridized carbons (Fsp3) is 0.368. The van der Waals surface area contributed by atoms with E-state index in [1.807, 2.05) is 13.0 Å². The molecule has 0 aliphatic rings. The minimum absolute atomic E-state index is 0.0547. The fourth-order valence-electron chi connectivity index (χ4n) is 2.98. The van der Waals surface area contributed by atoms with Gasteiger partial charge in [0.15, 0.2) is 5.78 Å². The smallest absolute Gasteiger partial charge is 0.201 e. The number of ketones is 2. The van der Waals surface area contributed by atoms with Gasteiger partial charge in [0.1, 0.15) is 5.75 Å². The number of H-pyrrole nitrogens is 1. The Morgan fingerprint density at radius 1 is 1.24 bits per heavy atom. The highest BCUT2D eigenvalue weighted by Gasteiger charge is 2.24. The summed E-state index contributed by atoms with van der Waals surface area (Å²) in [5.74, 6) is 0.391. The second kappa shape index (κ2) is 7.31. The molecule has 0 spiro atoms. The number of anilines is 1. The summed E-state index contributed by atoms with van der Waals surface area (Å²) in [5, 5.41) is 3.78. The van der Waals surface area contributed by atoms with Crippen LogP contribution in [-0.4, -0.2) is 29.7 Å². The molecule has 2 aromatic rings. The third-order valence-corrected chi connectivity index (χ3v) is 4.69. The van der Waals surface area contributed by atoms with E-state index >= 15 is 0 Å². The standard InChI is InChI=1S/C19H23ClN2O3/c1-9-7-15(16(25-6)8-14(9)20)21-12(4)19(24)18-10(2)17(13(5)23)11(3)22-18/h7-8,12,21-22H,1-6H3/t12-/m1/s1. The minimum atomic E-state index is -0.508. The number of carbonyl (C=O) groups excluding carboxylic acids is 2. The van der Waals surface area contributed by atoms with E-state index in [4.69, 9.17) is 16.3 Å². The van der Waals surface area contributed by atoms with Gasteiger partial charge in [0.2, 0.25) is 5.78 Å². The lowest BCUT2D eigenvalue weighted by atomic mass is 10.0. The molecule has 0 saturated heterocycles. The molecule has 2 N–H and O–H groups in total. The van der Waals surface area contributed by atoms with Crippen LogP contribution in [0, 0.1) is 20.8 Å². The second-order valence-electron chi connectivity index (χ2n) is 6.21. The summed E-state index contributed by atoms with van der Waals surface area (Å²) in [6.07, 6.45) is 0. The first-order chi connectivity index (χ1) is 11.7. The number of aromatic amines is 1. The van der Waals surface area contributed by atoms with Crippen molar-refractivity contribution in [1.29, 1.82) is 0 Å². The van der Waals surface area contributed by atoms with Crippen LogP contribution in [0.25, 0.3) is 0 Å². The maximum atomic E-state index is 12.8. The van der Waals surface area contributed by atoms with Crippen LogP contribution in [0.15, 0.2) is 12.1 Å². The van der Waals surface area contributed by atoms with Crippen molar-refractivity contribution in [2.45, 2.75) is 40.7 Å². The number of nitrogens with one attached hydrogen (secondary N) is 2. The zero-order valence-corrected chi connectivity index (χ0v) is 16.1. The molecule has 2 rings (SSSR count). The maximum absolute atomic E-state index is 12.8. The second-order valence-corrected chi connectivity index (χ2v) is 6.62. The summed E-state index contributed by atoms with van der Waals surface area (Å²) in [6, 6.07) is 3.05. The lowest BCUT2D eigenvalue weighted by molar-refractivity contribution is 0.0970. The Morgan fingerprint density at radius 2 is 1.88 bits per heavy atom. The summed E-state index contributed by atoms with van der Waals surface area (Å²) < 4.78 is 5.34. The van der Waals surface area contributed by atoms with Gasteiger partial charge >= 0.3 is 0 Å². The zero-order chi connectivity index (χ0) is 18.9. The third kappa shape index (κ3) is 3.71. The maximum Gasteiger partial charge on any atom is 0.201 e. The van der Waals surface area contributed by atoms with Crippen molar-refractivity contribution in [2.75, 3.05) is 12.4 Å². The normalized spacial score (nSPS) is 12.0. The number of ether oxygens (including phenoxy) is 1. The monoisotopic (exact) mass is 362 g/mol. The Morgan fingerprint density at radius 3 is 2.40 bits per heavy atom. The molecule has 1 atom stereocenters. The van der Waals surface area contributed by atoms with Crippen molar-refractivity contribution in [3.63, 3.8) is 0 Å². The molecule has 0 saturated carbocycles. The van der Waals surface area contributed by atoms with Crippen LogP contribution in [-0.2, 0) is 0 Å². The Balaban J connectivity index is 2.32. The summed E-state index contributed by atoms with van der Waals surface area (Å²) in [6.45, 7) is 8.74. The Labute approximate surface area is 152 Å². The van der Waals surface area contributed by atoms with Crippen LogP contribution in [0.5, 0.6) is 5.75 Å². The van der Waals surface area contributed by atoms with Gasteiger partial charge in [0.05, 0.1) is 24.5 Å². The van der Waals surface area contributed by atoms with E-state index < -0.39 is 6.04 Å². The van der Waals surface area contributed by atoms with Crippen LogP contribution in [0.4, 0.5) is 5.69 Å². The number of hydrogen-bond acceptors (Lipinski definition) is 4. The number of benzene rings is 1. The van der Waals surface area contributed by atoms with E-state index in [0.717, 1.165) is 5.56 Å². The molecule has 0 fully saturated rings. The van der Waals surface area contributed by atoms with Gasteiger partial charge in [-0.3, -0.25) is 9.59 Å². The summed E-state index contributed by atoms with van der Waals surface area (Å²) >= 11 is 6.12. The largest absolute Gasteiger partial charge is 0.495 e. The lowest BCUT2D eigenvalue weighted by Crippen LogP contribution is -2.27. The number of carbonyl (C=O) groups is 2.